The molecule has 0 radical (unpaired) electrons. The third-order valence-electron chi connectivity index (χ3n) is 4.10. The Labute approximate surface area is 133 Å². The molecule has 0 aliphatic rings. The van der Waals surface area contributed by atoms with Gasteiger partial charge in [-0.15, -0.1) is 0 Å². The summed E-state index contributed by atoms with van der Waals surface area (Å²) < 4.78 is 5.45. The number of aryl methyl sites for hydroxylation is 4. The van der Waals surface area contributed by atoms with E-state index in [1.165, 1.54) is 22.3 Å². The zero-order valence-corrected chi connectivity index (χ0v) is 14.0. The largest absolute Gasteiger partial charge is 0.496 e. The van der Waals surface area contributed by atoms with Gasteiger partial charge in [0.1, 0.15) is 5.75 Å². The zero-order valence-electron chi connectivity index (χ0n) is 14.0. The van der Waals surface area contributed by atoms with Crippen molar-refractivity contribution in [1.29, 1.82) is 5.26 Å². The van der Waals surface area contributed by atoms with Crippen LogP contribution in [0.4, 0.5) is 0 Å². The summed E-state index contributed by atoms with van der Waals surface area (Å²) in [5.74, 6) is 0.699. The summed E-state index contributed by atoms with van der Waals surface area (Å²) in [5.41, 5.74) is 7.05. The second kappa shape index (κ2) is 6.66. The molecule has 2 nitrogen and oxygen atoms in total. The molecule has 2 rings (SSSR count). The van der Waals surface area contributed by atoms with Crippen LogP contribution in [0.5, 0.6) is 5.75 Å². The average Bonchev–Trinajstić information content (AvgIpc) is 2.45. The lowest BCUT2D eigenvalue weighted by Crippen LogP contribution is -2.07. The highest BCUT2D eigenvalue weighted by molar-refractivity contribution is 5.45. The van der Waals surface area contributed by atoms with Gasteiger partial charge in [-0.1, -0.05) is 35.4 Å². The highest BCUT2D eigenvalue weighted by Gasteiger charge is 2.18. The van der Waals surface area contributed by atoms with E-state index in [1.807, 2.05) is 12.1 Å². The topological polar surface area (TPSA) is 33.0 Å². The monoisotopic (exact) mass is 293 g/mol. The first-order chi connectivity index (χ1) is 10.5. The number of hydrogen-bond acceptors (Lipinski definition) is 2. The molecule has 0 aliphatic carbocycles. The molecule has 0 heterocycles. The molecule has 22 heavy (non-hydrogen) atoms. The lowest BCUT2D eigenvalue weighted by molar-refractivity contribution is 0.409. The summed E-state index contributed by atoms with van der Waals surface area (Å²) in [5, 5.41) is 9.70. The van der Waals surface area contributed by atoms with Crippen LogP contribution in [0.1, 0.15) is 39.3 Å². The molecule has 0 N–H and O–H groups in total. The number of rotatable bonds is 4. The van der Waals surface area contributed by atoms with Crippen molar-refractivity contribution in [3.63, 3.8) is 0 Å². The molecule has 2 heteroatoms. The van der Waals surface area contributed by atoms with Gasteiger partial charge >= 0.3 is 0 Å². The van der Waals surface area contributed by atoms with Gasteiger partial charge in [0.15, 0.2) is 0 Å². The molecule has 1 atom stereocenters. The highest BCUT2D eigenvalue weighted by Crippen LogP contribution is 2.31. The van der Waals surface area contributed by atoms with Gasteiger partial charge < -0.3 is 4.74 Å². The van der Waals surface area contributed by atoms with Gasteiger partial charge in [0.05, 0.1) is 19.1 Å². The fourth-order valence-corrected chi connectivity index (χ4v) is 3.24. The number of ether oxygens (including phenoxy) is 1. The molecule has 0 aromatic heterocycles. The van der Waals surface area contributed by atoms with E-state index in [1.54, 1.807) is 7.11 Å². The Kier molecular flexibility index (Phi) is 4.88. The number of nitrogens with zero attached hydrogens (tertiary/aromatic N) is 1. The maximum atomic E-state index is 9.70. The summed E-state index contributed by atoms with van der Waals surface area (Å²) >= 11 is 0. The van der Waals surface area contributed by atoms with E-state index in [9.17, 15) is 5.26 Å². The van der Waals surface area contributed by atoms with E-state index in [2.05, 4.69) is 52.0 Å². The SMILES string of the molecule is COc1ccc(C)cc1CC(C#N)c1c(C)cc(C)cc1C. The zero-order chi connectivity index (χ0) is 16.3. The first-order valence-electron chi connectivity index (χ1n) is 7.57. The molecule has 0 aliphatic heterocycles. The van der Waals surface area contributed by atoms with E-state index in [0.29, 0.717) is 6.42 Å². The van der Waals surface area contributed by atoms with Gasteiger partial charge in [0.25, 0.3) is 0 Å². The van der Waals surface area contributed by atoms with Gasteiger partial charge in [0, 0.05) is 0 Å². The van der Waals surface area contributed by atoms with Crippen molar-refractivity contribution in [1.82, 2.24) is 0 Å². The van der Waals surface area contributed by atoms with Crippen LogP contribution in [0.3, 0.4) is 0 Å². The molecule has 0 amide bonds. The van der Waals surface area contributed by atoms with Crippen LogP contribution in [0.2, 0.25) is 0 Å². The molecule has 0 spiro atoms. The quantitative estimate of drug-likeness (QED) is 0.812. The predicted octanol–water partition coefficient (Wildman–Crippen LogP) is 4.78. The summed E-state index contributed by atoms with van der Waals surface area (Å²) in [6.45, 7) is 8.34. The van der Waals surface area contributed by atoms with Crippen molar-refractivity contribution in [2.75, 3.05) is 7.11 Å². The molecule has 0 bridgehead atoms. The third kappa shape index (κ3) is 3.31. The van der Waals surface area contributed by atoms with Crippen molar-refractivity contribution < 1.29 is 4.74 Å². The average molecular weight is 293 g/mol. The summed E-state index contributed by atoms with van der Waals surface area (Å²) in [4.78, 5) is 0. The van der Waals surface area contributed by atoms with Crippen LogP contribution in [-0.2, 0) is 6.42 Å². The fourth-order valence-electron chi connectivity index (χ4n) is 3.24. The fraction of sp³-hybridized carbons (Fsp3) is 0.350. The molecule has 0 fully saturated rings. The minimum absolute atomic E-state index is 0.156. The lowest BCUT2D eigenvalue weighted by atomic mass is 9.86. The lowest BCUT2D eigenvalue weighted by Gasteiger charge is -2.18. The number of benzene rings is 2. The predicted molar refractivity (Wildman–Crippen MR) is 90.4 cm³/mol. The van der Waals surface area contributed by atoms with Crippen LogP contribution in [0.25, 0.3) is 0 Å². The van der Waals surface area contributed by atoms with E-state index < -0.39 is 0 Å². The van der Waals surface area contributed by atoms with Crippen LogP contribution in [0.15, 0.2) is 30.3 Å². The standard InChI is InChI=1S/C20H23NO/c1-13-6-7-19(22-5)17(10-13)11-18(12-21)20-15(3)8-14(2)9-16(20)4/h6-10,18H,11H2,1-5H3. The highest BCUT2D eigenvalue weighted by atomic mass is 16.5. The maximum absolute atomic E-state index is 9.70. The smallest absolute Gasteiger partial charge is 0.122 e. The molecule has 0 saturated carbocycles. The van der Waals surface area contributed by atoms with Crippen molar-refractivity contribution in [3.05, 3.63) is 63.7 Å². The van der Waals surface area contributed by atoms with Gasteiger partial charge in [-0.3, -0.25) is 0 Å². The van der Waals surface area contributed by atoms with Gasteiger partial charge in [-0.25, -0.2) is 0 Å². The van der Waals surface area contributed by atoms with Crippen molar-refractivity contribution in [2.24, 2.45) is 0 Å². The Hall–Kier alpha value is -2.27. The van der Waals surface area contributed by atoms with E-state index >= 15 is 0 Å². The number of methoxy groups -OCH3 is 1. The maximum Gasteiger partial charge on any atom is 0.122 e. The number of hydrogen-bond donors (Lipinski definition) is 0. The molecule has 2 aromatic carbocycles. The molecule has 114 valence electrons. The summed E-state index contributed by atoms with van der Waals surface area (Å²) in [7, 11) is 1.68. The van der Waals surface area contributed by atoms with Gasteiger partial charge in [-0.05, 0) is 62.4 Å². The van der Waals surface area contributed by atoms with Gasteiger partial charge in [0.2, 0.25) is 0 Å². The van der Waals surface area contributed by atoms with Crippen LogP contribution in [-0.4, -0.2) is 7.11 Å². The normalized spacial score (nSPS) is 11.8. The third-order valence-corrected chi connectivity index (χ3v) is 4.10. The molecule has 0 saturated heterocycles. The van der Waals surface area contributed by atoms with Gasteiger partial charge in [-0.2, -0.15) is 5.26 Å². The second-order valence-corrected chi connectivity index (χ2v) is 6.01. The Morgan fingerprint density at radius 3 is 2.18 bits per heavy atom. The molecule has 1 unspecified atom stereocenters. The molecular weight excluding hydrogens is 270 g/mol. The first kappa shape index (κ1) is 16.1. The second-order valence-electron chi connectivity index (χ2n) is 6.01. The first-order valence-corrected chi connectivity index (χ1v) is 7.57. The summed E-state index contributed by atoms with van der Waals surface area (Å²) in [6, 6.07) is 12.9. The van der Waals surface area contributed by atoms with Crippen LogP contribution in [0, 0.1) is 39.0 Å². The van der Waals surface area contributed by atoms with Crippen LogP contribution >= 0.6 is 0 Å². The van der Waals surface area contributed by atoms with Crippen molar-refractivity contribution in [3.8, 4) is 11.8 Å². The summed E-state index contributed by atoms with van der Waals surface area (Å²) in [6.07, 6.45) is 0.673. The van der Waals surface area contributed by atoms with E-state index in [-0.39, 0.29) is 5.92 Å². The minimum Gasteiger partial charge on any atom is -0.496 e. The van der Waals surface area contributed by atoms with E-state index in [4.69, 9.17) is 4.74 Å². The minimum atomic E-state index is -0.156. The Bertz CT molecular complexity index is 702. The Morgan fingerprint density at radius 2 is 1.64 bits per heavy atom. The Morgan fingerprint density at radius 1 is 1.00 bits per heavy atom. The number of nitriles is 1. The molecule has 2 aromatic rings. The van der Waals surface area contributed by atoms with E-state index in [0.717, 1.165) is 16.9 Å². The Balaban J connectivity index is 2.43. The van der Waals surface area contributed by atoms with Crippen molar-refractivity contribution in [2.45, 2.75) is 40.0 Å². The van der Waals surface area contributed by atoms with Crippen molar-refractivity contribution >= 4 is 0 Å². The van der Waals surface area contributed by atoms with Crippen LogP contribution < -0.4 is 4.74 Å². The molecular formula is C20H23NO.